The minimum atomic E-state index is -0.471. The fourth-order valence-electron chi connectivity index (χ4n) is 3.13. The molecule has 5 heteroatoms. The smallest absolute Gasteiger partial charge is 0.256 e. The lowest BCUT2D eigenvalue weighted by Crippen LogP contribution is -2.41. The first-order chi connectivity index (χ1) is 11.5. The van der Waals surface area contributed by atoms with Crippen molar-refractivity contribution in [3.63, 3.8) is 0 Å². The number of ether oxygens (including phenoxy) is 1. The molecule has 1 aromatic heterocycles. The standard InChI is InChI=1S/C19H21FN2O2/c1-13-10-14(2)24-18(13)19(23)22(12-15-4-3-9-21-11-15)17-7-5-16(20)6-8-17/h3-9,11,13-14,18H,10,12H2,1-2H3/t13-,14-,18+/m1/s1. The summed E-state index contributed by atoms with van der Waals surface area (Å²) < 4.78 is 19.1. The Hall–Kier alpha value is -2.27. The van der Waals surface area contributed by atoms with Crippen molar-refractivity contribution in [2.75, 3.05) is 4.90 Å². The van der Waals surface area contributed by atoms with Crippen LogP contribution < -0.4 is 4.90 Å². The van der Waals surface area contributed by atoms with Crippen LogP contribution in [0.5, 0.6) is 0 Å². The Bertz CT molecular complexity index is 690. The van der Waals surface area contributed by atoms with Crippen LogP contribution >= 0.6 is 0 Å². The highest BCUT2D eigenvalue weighted by molar-refractivity contribution is 5.96. The van der Waals surface area contributed by atoms with E-state index in [1.165, 1.54) is 12.1 Å². The second-order valence-electron chi connectivity index (χ2n) is 6.34. The maximum Gasteiger partial charge on any atom is 0.256 e. The highest BCUT2D eigenvalue weighted by Crippen LogP contribution is 2.29. The van der Waals surface area contributed by atoms with Crippen LogP contribution in [0.1, 0.15) is 25.8 Å². The van der Waals surface area contributed by atoms with Crippen molar-refractivity contribution in [1.82, 2.24) is 4.98 Å². The van der Waals surface area contributed by atoms with Crippen LogP contribution in [0.25, 0.3) is 0 Å². The zero-order valence-electron chi connectivity index (χ0n) is 13.9. The molecule has 3 rings (SSSR count). The van der Waals surface area contributed by atoms with E-state index in [9.17, 15) is 9.18 Å². The van der Waals surface area contributed by atoms with E-state index < -0.39 is 6.10 Å². The van der Waals surface area contributed by atoms with Crippen molar-refractivity contribution in [1.29, 1.82) is 0 Å². The molecule has 3 atom stereocenters. The SMILES string of the molecule is C[C@@H]1C[C@@H](C)[C@@H](C(=O)N(Cc2cccnc2)c2ccc(F)cc2)O1. The molecule has 24 heavy (non-hydrogen) atoms. The average molecular weight is 328 g/mol. The number of pyridine rings is 1. The normalized spacial score (nSPS) is 23.2. The third-order valence-corrected chi connectivity index (χ3v) is 4.31. The number of carbonyl (C=O) groups is 1. The van der Waals surface area contributed by atoms with Gasteiger partial charge < -0.3 is 9.64 Å². The Balaban J connectivity index is 1.89. The monoisotopic (exact) mass is 328 g/mol. The summed E-state index contributed by atoms with van der Waals surface area (Å²) in [4.78, 5) is 18.8. The van der Waals surface area contributed by atoms with Crippen LogP contribution in [0.2, 0.25) is 0 Å². The van der Waals surface area contributed by atoms with Crippen molar-refractivity contribution >= 4 is 11.6 Å². The van der Waals surface area contributed by atoms with Gasteiger partial charge in [-0.15, -0.1) is 0 Å². The summed E-state index contributed by atoms with van der Waals surface area (Å²) in [5.74, 6) is -0.265. The molecule has 1 fully saturated rings. The van der Waals surface area contributed by atoms with Crippen molar-refractivity contribution in [2.45, 2.75) is 39.0 Å². The maximum atomic E-state index is 13.3. The molecule has 126 valence electrons. The summed E-state index contributed by atoms with van der Waals surface area (Å²) in [6.07, 6.45) is 3.88. The van der Waals surface area contributed by atoms with Gasteiger partial charge in [0.2, 0.25) is 0 Å². The summed E-state index contributed by atoms with van der Waals surface area (Å²) >= 11 is 0. The molecule has 4 nitrogen and oxygen atoms in total. The molecule has 1 aromatic carbocycles. The van der Waals surface area contributed by atoms with Crippen LogP contribution in [-0.4, -0.2) is 23.1 Å². The third-order valence-electron chi connectivity index (χ3n) is 4.31. The second kappa shape index (κ2) is 7.09. The molecule has 0 saturated carbocycles. The molecule has 0 spiro atoms. The third kappa shape index (κ3) is 3.62. The Morgan fingerprint density at radius 3 is 2.62 bits per heavy atom. The number of benzene rings is 1. The van der Waals surface area contributed by atoms with E-state index in [4.69, 9.17) is 4.74 Å². The first-order valence-electron chi connectivity index (χ1n) is 8.16. The average Bonchev–Trinajstić information content (AvgIpc) is 2.92. The lowest BCUT2D eigenvalue weighted by atomic mass is 10.0. The van der Waals surface area contributed by atoms with Gasteiger partial charge in [0.25, 0.3) is 5.91 Å². The summed E-state index contributed by atoms with van der Waals surface area (Å²) in [5.41, 5.74) is 1.56. The molecule has 2 heterocycles. The first kappa shape index (κ1) is 16.6. The van der Waals surface area contributed by atoms with Crippen molar-refractivity contribution in [3.8, 4) is 0 Å². The lowest BCUT2D eigenvalue weighted by molar-refractivity contribution is -0.130. The number of hydrogen-bond acceptors (Lipinski definition) is 3. The predicted molar refractivity (Wildman–Crippen MR) is 89.9 cm³/mol. The van der Waals surface area contributed by atoms with Crippen molar-refractivity contribution in [2.24, 2.45) is 5.92 Å². The quantitative estimate of drug-likeness (QED) is 0.862. The topological polar surface area (TPSA) is 42.4 Å². The molecule has 1 amide bonds. The Morgan fingerprint density at radius 1 is 1.29 bits per heavy atom. The summed E-state index contributed by atoms with van der Waals surface area (Å²) in [6, 6.07) is 9.71. The molecule has 0 bridgehead atoms. The molecule has 1 saturated heterocycles. The van der Waals surface area contributed by atoms with E-state index in [1.807, 2.05) is 26.0 Å². The van der Waals surface area contributed by atoms with E-state index in [1.54, 1.807) is 29.4 Å². The van der Waals surface area contributed by atoms with Gasteiger partial charge in [-0.25, -0.2) is 4.39 Å². The number of hydrogen-bond donors (Lipinski definition) is 0. The maximum absolute atomic E-state index is 13.3. The minimum absolute atomic E-state index is 0.0717. The Kier molecular flexibility index (Phi) is 4.90. The van der Waals surface area contributed by atoms with E-state index in [-0.39, 0.29) is 23.7 Å². The minimum Gasteiger partial charge on any atom is -0.365 e. The number of rotatable bonds is 4. The van der Waals surface area contributed by atoms with Crippen LogP contribution in [-0.2, 0) is 16.1 Å². The fourth-order valence-corrected chi connectivity index (χ4v) is 3.13. The lowest BCUT2D eigenvalue weighted by Gasteiger charge is -2.27. The zero-order chi connectivity index (χ0) is 17.1. The van der Waals surface area contributed by atoms with Gasteiger partial charge in [-0.05, 0) is 55.2 Å². The van der Waals surface area contributed by atoms with Crippen LogP contribution in [0.4, 0.5) is 10.1 Å². The molecule has 0 radical (unpaired) electrons. The van der Waals surface area contributed by atoms with Crippen molar-refractivity contribution < 1.29 is 13.9 Å². The van der Waals surface area contributed by atoms with Gasteiger partial charge >= 0.3 is 0 Å². The molecule has 0 unspecified atom stereocenters. The van der Waals surface area contributed by atoms with Crippen LogP contribution in [0, 0.1) is 11.7 Å². The van der Waals surface area contributed by atoms with Gasteiger partial charge in [-0.2, -0.15) is 0 Å². The van der Waals surface area contributed by atoms with Gasteiger partial charge in [-0.3, -0.25) is 9.78 Å². The van der Waals surface area contributed by atoms with Gasteiger partial charge in [0.1, 0.15) is 11.9 Å². The molecule has 1 aliphatic rings. The van der Waals surface area contributed by atoms with E-state index in [2.05, 4.69) is 4.98 Å². The van der Waals surface area contributed by atoms with Crippen molar-refractivity contribution in [3.05, 3.63) is 60.2 Å². The second-order valence-corrected chi connectivity index (χ2v) is 6.34. The van der Waals surface area contributed by atoms with Gasteiger partial charge in [0.15, 0.2) is 0 Å². The van der Waals surface area contributed by atoms with Gasteiger partial charge in [0.05, 0.1) is 12.6 Å². The summed E-state index contributed by atoms with van der Waals surface area (Å²) in [7, 11) is 0. The van der Waals surface area contributed by atoms with Crippen LogP contribution in [0.15, 0.2) is 48.8 Å². The molecule has 2 aromatic rings. The molecule has 0 N–H and O–H groups in total. The molecular weight excluding hydrogens is 307 g/mol. The number of carbonyl (C=O) groups excluding carboxylic acids is 1. The zero-order valence-corrected chi connectivity index (χ0v) is 13.9. The molecule has 1 aliphatic heterocycles. The highest BCUT2D eigenvalue weighted by Gasteiger charge is 2.37. The fraction of sp³-hybridized carbons (Fsp3) is 0.368. The number of aromatic nitrogens is 1. The van der Waals surface area contributed by atoms with Gasteiger partial charge in [-0.1, -0.05) is 13.0 Å². The number of anilines is 1. The van der Waals surface area contributed by atoms with E-state index in [0.717, 1.165) is 12.0 Å². The summed E-state index contributed by atoms with van der Waals surface area (Å²) in [5, 5.41) is 0. The molecule has 0 aliphatic carbocycles. The highest BCUT2D eigenvalue weighted by atomic mass is 19.1. The number of nitrogens with zero attached hydrogens (tertiary/aromatic N) is 2. The number of halogens is 1. The Morgan fingerprint density at radius 2 is 2.04 bits per heavy atom. The number of amides is 1. The van der Waals surface area contributed by atoms with E-state index in [0.29, 0.717) is 12.2 Å². The predicted octanol–water partition coefficient (Wildman–Crippen LogP) is 3.57. The van der Waals surface area contributed by atoms with E-state index >= 15 is 0 Å². The summed E-state index contributed by atoms with van der Waals surface area (Å²) in [6.45, 7) is 4.38. The van der Waals surface area contributed by atoms with Gasteiger partial charge in [0, 0.05) is 18.1 Å². The first-order valence-corrected chi connectivity index (χ1v) is 8.16. The van der Waals surface area contributed by atoms with Crippen LogP contribution in [0.3, 0.4) is 0 Å². The molecular formula is C19H21FN2O2. The largest absolute Gasteiger partial charge is 0.365 e. The Labute approximate surface area is 141 Å².